The Balaban J connectivity index is 2.27. The van der Waals surface area contributed by atoms with Crippen molar-refractivity contribution in [3.8, 4) is 11.7 Å². The van der Waals surface area contributed by atoms with Gasteiger partial charge in [0.25, 0.3) is 5.89 Å². The largest absolute Gasteiger partial charge is 0.433 e. The Morgan fingerprint density at radius 2 is 2.24 bits per heavy atom. The van der Waals surface area contributed by atoms with Gasteiger partial charge in [0.05, 0.1) is 12.1 Å². The van der Waals surface area contributed by atoms with E-state index in [9.17, 15) is 10.1 Å². The lowest BCUT2D eigenvalue weighted by Gasteiger charge is -1.99. The van der Waals surface area contributed by atoms with Gasteiger partial charge in [-0.3, -0.25) is 10.1 Å². The number of furan rings is 1. The monoisotopic (exact) mass is 238 g/mol. The molecule has 90 valence electrons. The van der Waals surface area contributed by atoms with E-state index in [0.29, 0.717) is 6.42 Å². The van der Waals surface area contributed by atoms with Crippen molar-refractivity contribution in [1.82, 2.24) is 10.2 Å². The van der Waals surface area contributed by atoms with Gasteiger partial charge in [0, 0.05) is 0 Å². The Hall–Kier alpha value is -2.22. The molecule has 2 aromatic rings. The summed E-state index contributed by atoms with van der Waals surface area (Å²) in [4.78, 5) is 9.79. The zero-order valence-corrected chi connectivity index (χ0v) is 8.99. The van der Waals surface area contributed by atoms with E-state index >= 15 is 0 Å². The van der Waals surface area contributed by atoms with E-state index in [0.717, 1.165) is 0 Å². The van der Waals surface area contributed by atoms with Gasteiger partial charge in [0.1, 0.15) is 4.92 Å². The van der Waals surface area contributed by atoms with Crippen molar-refractivity contribution in [3.05, 3.63) is 28.1 Å². The molecule has 0 aromatic carbocycles. The Labute approximate surface area is 95.6 Å². The highest BCUT2D eigenvalue weighted by atomic mass is 16.6. The highest BCUT2D eigenvalue weighted by Crippen LogP contribution is 2.26. The number of aromatic nitrogens is 2. The van der Waals surface area contributed by atoms with Gasteiger partial charge in [0.2, 0.25) is 5.89 Å². The third-order valence-electron chi connectivity index (χ3n) is 2.18. The normalized spacial score (nSPS) is 12.6. The molecule has 1 unspecified atom stereocenters. The van der Waals surface area contributed by atoms with E-state index < -0.39 is 4.92 Å². The number of hydrogen-bond acceptors (Lipinski definition) is 7. The van der Waals surface area contributed by atoms with Crippen LogP contribution in [0.3, 0.4) is 0 Å². The zero-order chi connectivity index (χ0) is 12.4. The molecule has 0 aliphatic heterocycles. The summed E-state index contributed by atoms with van der Waals surface area (Å²) in [5, 5.41) is 17.9. The van der Waals surface area contributed by atoms with Crippen LogP contribution in [0.2, 0.25) is 0 Å². The first-order valence-electron chi connectivity index (χ1n) is 4.95. The number of hydrogen-bond donors (Lipinski definition) is 1. The second-order valence-electron chi connectivity index (χ2n) is 3.36. The molecule has 0 radical (unpaired) electrons. The highest BCUT2D eigenvalue weighted by Gasteiger charge is 2.19. The first kappa shape index (κ1) is 11.3. The fourth-order valence-electron chi connectivity index (χ4n) is 1.20. The van der Waals surface area contributed by atoms with E-state index in [1.807, 2.05) is 6.92 Å². The number of rotatable bonds is 4. The molecule has 8 nitrogen and oxygen atoms in total. The summed E-state index contributed by atoms with van der Waals surface area (Å²) in [7, 11) is 0. The van der Waals surface area contributed by atoms with Crippen molar-refractivity contribution >= 4 is 5.88 Å². The van der Waals surface area contributed by atoms with Gasteiger partial charge in [-0.2, -0.15) is 0 Å². The van der Waals surface area contributed by atoms with Gasteiger partial charge in [-0.25, -0.2) is 0 Å². The zero-order valence-electron chi connectivity index (χ0n) is 8.99. The lowest BCUT2D eigenvalue weighted by Crippen LogP contribution is -2.08. The minimum absolute atomic E-state index is 0.0806. The molecular weight excluding hydrogens is 228 g/mol. The topological polar surface area (TPSA) is 121 Å². The Morgan fingerprint density at radius 1 is 1.47 bits per heavy atom. The van der Waals surface area contributed by atoms with E-state index in [2.05, 4.69) is 10.2 Å². The third kappa shape index (κ3) is 2.16. The van der Waals surface area contributed by atoms with Gasteiger partial charge in [0.15, 0.2) is 5.76 Å². The van der Waals surface area contributed by atoms with Crippen molar-refractivity contribution in [2.45, 2.75) is 19.4 Å². The first-order chi connectivity index (χ1) is 8.11. The van der Waals surface area contributed by atoms with Crippen LogP contribution in [0.5, 0.6) is 0 Å². The van der Waals surface area contributed by atoms with Crippen LogP contribution < -0.4 is 5.73 Å². The van der Waals surface area contributed by atoms with Gasteiger partial charge >= 0.3 is 5.88 Å². The van der Waals surface area contributed by atoms with Crippen LogP contribution in [-0.2, 0) is 0 Å². The van der Waals surface area contributed by atoms with Crippen LogP contribution in [0.1, 0.15) is 25.3 Å². The molecule has 8 heteroatoms. The Morgan fingerprint density at radius 3 is 2.82 bits per heavy atom. The van der Waals surface area contributed by atoms with Crippen LogP contribution in [-0.4, -0.2) is 15.1 Å². The summed E-state index contributed by atoms with van der Waals surface area (Å²) in [5.41, 5.74) is 5.70. The predicted octanol–water partition coefficient (Wildman–Crippen LogP) is 1.65. The van der Waals surface area contributed by atoms with Crippen molar-refractivity contribution in [2.24, 2.45) is 5.73 Å². The Bertz CT molecular complexity index is 533. The molecule has 2 heterocycles. The molecule has 17 heavy (non-hydrogen) atoms. The average Bonchev–Trinajstić information content (AvgIpc) is 2.95. The summed E-state index contributed by atoms with van der Waals surface area (Å²) in [6.07, 6.45) is 0.653. The van der Waals surface area contributed by atoms with E-state index in [-0.39, 0.29) is 29.5 Å². The molecule has 0 saturated heterocycles. The van der Waals surface area contributed by atoms with Crippen LogP contribution >= 0.6 is 0 Å². The van der Waals surface area contributed by atoms with Crippen molar-refractivity contribution < 1.29 is 13.8 Å². The first-order valence-corrected chi connectivity index (χ1v) is 4.95. The standard InChI is InChI=1S/C9H10N4O4/c1-2-5(10)8-11-12-9(17-8)6-3-4-7(16-6)13(14)15/h3-5H,2,10H2,1H3. The second kappa shape index (κ2) is 4.34. The smallest absolute Gasteiger partial charge is 0.416 e. The predicted molar refractivity (Wildman–Crippen MR) is 55.9 cm³/mol. The molecule has 2 aromatic heterocycles. The summed E-state index contributed by atoms with van der Waals surface area (Å²) >= 11 is 0. The van der Waals surface area contributed by atoms with Crippen LogP contribution in [0, 0.1) is 10.1 Å². The SMILES string of the molecule is CCC(N)c1nnc(-c2ccc([N+](=O)[O-])o2)o1. The summed E-state index contributed by atoms with van der Waals surface area (Å²) in [6.45, 7) is 1.88. The fourth-order valence-corrected chi connectivity index (χ4v) is 1.20. The van der Waals surface area contributed by atoms with E-state index in [1.54, 1.807) is 0 Å². The molecule has 0 aliphatic carbocycles. The minimum Gasteiger partial charge on any atom is -0.416 e. The molecule has 0 aliphatic rings. The average molecular weight is 238 g/mol. The molecule has 0 amide bonds. The van der Waals surface area contributed by atoms with Crippen molar-refractivity contribution in [1.29, 1.82) is 0 Å². The molecule has 2 rings (SSSR count). The molecular formula is C9H10N4O4. The molecule has 0 bridgehead atoms. The molecule has 0 spiro atoms. The lowest BCUT2D eigenvalue weighted by molar-refractivity contribution is -0.401. The maximum Gasteiger partial charge on any atom is 0.433 e. The molecule has 0 fully saturated rings. The molecule has 1 atom stereocenters. The van der Waals surface area contributed by atoms with E-state index in [4.69, 9.17) is 14.6 Å². The van der Waals surface area contributed by atoms with Crippen molar-refractivity contribution in [3.63, 3.8) is 0 Å². The molecule has 0 saturated carbocycles. The quantitative estimate of drug-likeness (QED) is 0.634. The summed E-state index contributed by atoms with van der Waals surface area (Å²) < 4.78 is 10.2. The maximum absolute atomic E-state index is 10.4. The lowest BCUT2D eigenvalue weighted by atomic mass is 10.2. The highest BCUT2D eigenvalue weighted by molar-refractivity contribution is 5.46. The number of nitrogens with zero attached hydrogens (tertiary/aromatic N) is 3. The third-order valence-corrected chi connectivity index (χ3v) is 2.18. The fraction of sp³-hybridized carbons (Fsp3) is 0.333. The van der Waals surface area contributed by atoms with Gasteiger partial charge in [-0.1, -0.05) is 6.92 Å². The van der Waals surface area contributed by atoms with Gasteiger partial charge in [-0.15, -0.1) is 10.2 Å². The summed E-state index contributed by atoms with van der Waals surface area (Å²) in [6, 6.07) is 2.27. The van der Waals surface area contributed by atoms with Crippen LogP contribution in [0.25, 0.3) is 11.7 Å². The second-order valence-corrected chi connectivity index (χ2v) is 3.36. The van der Waals surface area contributed by atoms with Crippen LogP contribution in [0.4, 0.5) is 5.88 Å². The van der Waals surface area contributed by atoms with Gasteiger partial charge in [-0.05, 0) is 12.5 Å². The summed E-state index contributed by atoms with van der Waals surface area (Å²) in [5.74, 6) is 0.136. The maximum atomic E-state index is 10.4. The minimum atomic E-state index is -0.640. The van der Waals surface area contributed by atoms with Gasteiger partial charge < -0.3 is 14.6 Å². The Kier molecular flexibility index (Phi) is 2.88. The van der Waals surface area contributed by atoms with Crippen LogP contribution in [0.15, 0.2) is 21.0 Å². The van der Waals surface area contributed by atoms with E-state index in [1.165, 1.54) is 12.1 Å². The van der Waals surface area contributed by atoms with Crippen molar-refractivity contribution in [2.75, 3.05) is 0 Å². The number of nitrogens with two attached hydrogens (primary N) is 1. The molecule has 2 N–H and O–H groups in total. The number of nitro groups is 1.